The van der Waals surface area contributed by atoms with Crippen molar-refractivity contribution < 1.29 is 4.79 Å². The summed E-state index contributed by atoms with van der Waals surface area (Å²) in [4.78, 5) is 28.4. The molecule has 4 aromatic rings. The van der Waals surface area contributed by atoms with Gasteiger partial charge < -0.3 is 9.88 Å². The molecular weight excluding hydrogens is 400 g/mol. The molecule has 1 aromatic carbocycles. The molecular formula is C20H18N8OS. The molecule has 0 saturated heterocycles. The van der Waals surface area contributed by atoms with Crippen LogP contribution in [0.1, 0.15) is 27.1 Å². The number of rotatable bonds is 4. The summed E-state index contributed by atoms with van der Waals surface area (Å²) in [6, 6.07) is 5.63. The quantitative estimate of drug-likeness (QED) is 0.529. The Hall–Kier alpha value is -3.53. The highest BCUT2D eigenvalue weighted by atomic mass is 32.1. The third-order valence-electron chi connectivity index (χ3n) is 5.74. The van der Waals surface area contributed by atoms with Crippen molar-refractivity contribution in [2.45, 2.75) is 24.9 Å². The first kappa shape index (κ1) is 17.3. The van der Waals surface area contributed by atoms with Crippen molar-refractivity contribution >= 4 is 40.2 Å². The zero-order chi connectivity index (χ0) is 20.2. The predicted octanol–water partition coefficient (Wildman–Crippen LogP) is 2.26. The van der Waals surface area contributed by atoms with E-state index >= 15 is 0 Å². The molecule has 3 aromatic heterocycles. The molecule has 150 valence electrons. The van der Waals surface area contributed by atoms with Crippen LogP contribution in [0.3, 0.4) is 0 Å². The minimum Gasteiger partial charge on any atom is -0.348 e. The molecule has 0 fully saturated rings. The van der Waals surface area contributed by atoms with Crippen molar-refractivity contribution in [3.63, 3.8) is 0 Å². The Bertz CT molecular complexity index is 1270. The predicted molar refractivity (Wildman–Crippen MR) is 114 cm³/mol. The summed E-state index contributed by atoms with van der Waals surface area (Å²) in [5.74, 6) is 0.806. The lowest BCUT2D eigenvalue weighted by Gasteiger charge is -2.31. The summed E-state index contributed by atoms with van der Waals surface area (Å²) in [6.07, 6.45) is 7.86. The number of H-pyrrole nitrogens is 2. The first-order valence-corrected chi connectivity index (χ1v) is 10.5. The third-order valence-corrected chi connectivity index (χ3v) is 6.88. The number of amides is 1. The van der Waals surface area contributed by atoms with E-state index in [1.54, 1.807) is 28.9 Å². The number of likely N-dealkylation sites (N-methyl/N-ethyl adjacent to an activating group) is 1. The number of carbonyl (C=O) groups excluding carboxylic acids is 1. The minimum atomic E-state index is -0.305. The number of hydrazone groups is 1. The number of anilines is 1. The maximum Gasteiger partial charge on any atom is 0.266 e. The van der Waals surface area contributed by atoms with E-state index in [4.69, 9.17) is 4.98 Å². The molecule has 2 aliphatic heterocycles. The van der Waals surface area contributed by atoms with E-state index in [0.717, 1.165) is 37.9 Å². The van der Waals surface area contributed by atoms with Gasteiger partial charge >= 0.3 is 0 Å². The van der Waals surface area contributed by atoms with Crippen molar-refractivity contribution in [2.75, 3.05) is 11.9 Å². The highest BCUT2D eigenvalue weighted by Gasteiger charge is 2.47. The van der Waals surface area contributed by atoms with Gasteiger partial charge in [0.25, 0.3) is 5.91 Å². The molecule has 30 heavy (non-hydrogen) atoms. The van der Waals surface area contributed by atoms with Crippen LogP contribution < -0.4 is 4.90 Å². The van der Waals surface area contributed by atoms with Crippen molar-refractivity contribution in [2.24, 2.45) is 5.10 Å². The van der Waals surface area contributed by atoms with Crippen LogP contribution in [0.4, 0.5) is 5.82 Å². The third kappa shape index (κ3) is 2.57. The molecule has 2 N–H and O–H groups in total. The Morgan fingerprint density at radius 3 is 3.07 bits per heavy atom. The van der Waals surface area contributed by atoms with Gasteiger partial charge in [0.15, 0.2) is 0 Å². The molecule has 2 atom stereocenters. The van der Waals surface area contributed by atoms with Crippen molar-refractivity contribution in [1.82, 2.24) is 30.2 Å². The Morgan fingerprint density at radius 1 is 1.27 bits per heavy atom. The zero-order valence-corrected chi connectivity index (χ0v) is 16.9. The molecule has 9 nitrogen and oxygen atoms in total. The molecule has 0 bridgehead atoms. The molecule has 0 radical (unpaired) electrons. The first-order valence-electron chi connectivity index (χ1n) is 9.65. The van der Waals surface area contributed by atoms with Crippen LogP contribution in [-0.2, 0) is 17.8 Å². The number of aromatic amines is 2. The van der Waals surface area contributed by atoms with Crippen molar-refractivity contribution in [3.8, 4) is 0 Å². The van der Waals surface area contributed by atoms with Crippen LogP contribution in [0.2, 0.25) is 0 Å². The topological polar surface area (TPSA) is 106 Å². The van der Waals surface area contributed by atoms with Gasteiger partial charge in [-0.2, -0.15) is 10.2 Å². The van der Waals surface area contributed by atoms with Crippen LogP contribution >= 0.6 is 11.3 Å². The van der Waals surface area contributed by atoms with Crippen LogP contribution in [0, 0.1) is 0 Å². The summed E-state index contributed by atoms with van der Waals surface area (Å²) in [5.41, 5.74) is 2.99. The highest BCUT2D eigenvalue weighted by Crippen LogP contribution is 2.45. The summed E-state index contributed by atoms with van der Waals surface area (Å²) >= 11 is 1.65. The van der Waals surface area contributed by atoms with E-state index in [2.05, 4.69) is 25.3 Å². The second-order valence-corrected chi connectivity index (χ2v) is 8.65. The smallest absolute Gasteiger partial charge is 0.266 e. The number of fused-ring (bicyclic) bond motifs is 4. The van der Waals surface area contributed by atoms with Crippen LogP contribution in [0.15, 0.2) is 42.0 Å². The second-order valence-electron chi connectivity index (χ2n) is 7.54. The number of thiazole rings is 1. The van der Waals surface area contributed by atoms with Gasteiger partial charge in [0, 0.05) is 37.0 Å². The van der Waals surface area contributed by atoms with Gasteiger partial charge in [0.1, 0.15) is 16.9 Å². The highest BCUT2D eigenvalue weighted by molar-refractivity contribution is 7.12. The summed E-state index contributed by atoms with van der Waals surface area (Å²) < 4.78 is 0. The molecule has 6 rings (SSSR count). The van der Waals surface area contributed by atoms with E-state index in [-0.39, 0.29) is 17.9 Å². The standard InChI is InChI=1S/C20H18N8OS/c1-27-17-14(18-19(27)25-16(30-18)5-12-6-21-10-22-12)8-24-28(20(17)29)9-11-3-2-4-15-13(11)7-23-26-15/h2-4,6-8,10,14,17H,5,9H2,1H3,(H,21,22)(H,23,26). The lowest BCUT2D eigenvalue weighted by atomic mass is 10.00. The number of hydrogen-bond acceptors (Lipinski definition) is 7. The molecule has 0 spiro atoms. The van der Waals surface area contributed by atoms with E-state index in [1.165, 1.54) is 0 Å². The van der Waals surface area contributed by atoms with Gasteiger partial charge in [-0.1, -0.05) is 12.1 Å². The second kappa shape index (κ2) is 6.49. The minimum absolute atomic E-state index is 0.00850. The number of nitrogens with zero attached hydrogens (tertiary/aromatic N) is 6. The number of benzene rings is 1. The lowest BCUT2D eigenvalue weighted by Crippen LogP contribution is -2.48. The van der Waals surface area contributed by atoms with Crippen molar-refractivity contribution in [1.29, 1.82) is 0 Å². The van der Waals surface area contributed by atoms with Crippen LogP contribution in [-0.4, -0.2) is 55.4 Å². The number of hydrogen-bond donors (Lipinski definition) is 2. The average molecular weight is 418 g/mol. The molecule has 2 aliphatic rings. The maximum absolute atomic E-state index is 13.3. The van der Waals surface area contributed by atoms with E-state index in [0.29, 0.717) is 13.0 Å². The Labute approximate surface area is 175 Å². The van der Waals surface area contributed by atoms with E-state index < -0.39 is 0 Å². The molecule has 5 heterocycles. The SMILES string of the molecule is CN1c2nc(Cc3cnc[nH]3)sc2C2C=NN(Cc3cccc4[nH]ncc34)C(=O)C21. The summed E-state index contributed by atoms with van der Waals surface area (Å²) in [5, 5.41) is 15.2. The number of carbonyl (C=O) groups is 1. The van der Waals surface area contributed by atoms with Gasteiger partial charge in [-0.3, -0.25) is 9.89 Å². The van der Waals surface area contributed by atoms with Gasteiger partial charge in [0.2, 0.25) is 0 Å². The average Bonchev–Trinajstić information content (AvgIpc) is 3.52. The fourth-order valence-electron chi connectivity index (χ4n) is 4.25. The monoisotopic (exact) mass is 418 g/mol. The number of imidazole rings is 1. The Balaban J connectivity index is 1.28. The summed E-state index contributed by atoms with van der Waals surface area (Å²) in [7, 11) is 1.94. The fraction of sp³-hybridized carbons (Fsp3) is 0.250. The van der Waals surface area contributed by atoms with Crippen LogP contribution in [0.25, 0.3) is 10.9 Å². The number of nitrogens with one attached hydrogen (secondary N) is 2. The van der Waals surface area contributed by atoms with Crippen LogP contribution in [0.5, 0.6) is 0 Å². The fourth-order valence-corrected chi connectivity index (χ4v) is 5.47. The lowest BCUT2D eigenvalue weighted by molar-refractivity contribution is -0.133. The molecule has 0 saturated carbocycles. The van der Waals surface area contributed by atoms with Crippen molar-refractivity contribution in [3.05, 3.63) is 58.1 Å². The number of aromatic nitrogens is 5. The largest absolute Gasteiger partial charge is 0.348 e. The molecule has 2 unspecified atom stereocenters. The Morgan fingerprint density at radius 2 is 2.20 bits per heavy atom. The maximum atomic E-state index is 13.3. The molecule has 10 heteroatoms. The first-order chi connectivity index (χ1) is 14.7. The van der Waals surface area contributed by atoms with Gasteiger partial charge in [-0.25, -0.2) is 15.0 Å². The summed E-state index contributed by atoms with van der Waals surface area (Å²) in [6.45, 7) is 0.412. The molecule has 0 aliphatic carbocycles. The van der Waals surface area contributed by atoms with Gasteiger partial charge in [0.05, 0.1) is 35.4 Å². The normalized spacial score (nSPS) is 20.2. The van der Waals surface area contributed by atoms with Gasteiger partial charge in [-0.05, 0) is 11.6 Å². The van der Waals surface area contributed by atoms with E-state index in [1.807, 2.05) is 42.6 Å². The molecule has 1 amide bonds. The Kier molecular flexibility index (Phi) is 3.75. The van der Waals surface area contributed by atoms with Gasteiger partial charge in [-0.15, -0.1) is 11.3 Å². The zero-order valence-electron chi connectivity index (χ0n) is 16.1. The van der Waals surface area contributed by atoms with E-state index in [9.17, 15) is 4.79 Å².